The molecule has 2 aliphatic heterocycles. The van der Waals surface area contributed by atoms with Crippen molar-refractivity contribution in [3.05, 3.63) is 96.1 Å². The van der Waals surface area contributed by atoms with Gasteiger partial charge in [-0.25, -0.2) is 0 Å². The number of hydrogen-bond donors (Lipinski definition) is 2. The van der Waals surface area contributed by atoms with E-state index in [4.69, 9.17) is 75.5 Å². The summed E-state index contributed by atoms with van der Waals surface area (Å²) in [5, 5.41) is 1.60. The first kappa shape index (κ1) is 49.8. The number of benzene rings is 4. The van der Waals surface area contributed by atoms with E-state index in [0.717, 1.165) is 21.7 Å². The molecule has 2 aliphatic rings. The number of terminal acetylenes is 4. The van der Waals surface area contributed by atoms with Crippen molar-refractivity contribution in [2.24, 2.45) is 11.5 Å². The summed E-state index contributed by atoms with van der Waals surface area (Å²) in [6, 6.07) is 27.0. The Bertz CT molecular complexity index is 2740. The van der Waals surface area contributed by atoms with Gasteiger partial charge in [-0.2, -0.15) is 0 Å². The minimum absolute atomic E-state index is 0.0418. The van der Waals surface area contributed by atoms with Crippen LogP contribution in [0.25, 0.3) is 0 Å². The van der Waals surface area contributed by atoms with Crippen LogP contribution in [0, 0.1) is 143 Å². The molecule has 0 spiro atoms. The van der Waals surface area contributed by atoms with Gasteiger partial charge in [-0.1, -0.05) is 72.4 Å². The van der Waals surface area contributed by atoms with Crippen molar-refractivity contribution in [1.82, 2.24) is 0 Å². The van der Waals surface area contributed by atoms with Crippen LogP contribution >= 0.6 is 47.0 Å². The predicted octanol–water partition coefficient (Wildman–Crippen LogP) is 7.13. The third-order valence-corrected chi connectivity index (χ3v) is 13.0. The number of ether oxygens (including phenoxy) is 4. The maximum atomic E-state index is 6.15. The second-order valence-electron chi connectivity index (χ2n) is 11.7. The van der Waals surface area contributed by atoms with Crippen LogP contribution in [0.15, 0.2) is 94.7 Å². The molecule has 6 nitrogen and oxygen atoms in total. The van der Waals surface area contributed by atoms with E-state index in [9.17, 15) is 0 Å². The molecule has 4 N–H and O–H groups in total. The molecule has 0 radical (unpaired) electrons. The molecule has 0 aromatic heterocycles. The standard InChI is InChI=1S/C38H12O4P2S.C14H16N2.2ClH.Ru/c1-5-9-13-17-25-43(26-18-14-10-6-2)33-23-21-31-35(41-29-39-31)37(33)45-38-34(24-22-32-36(38)42-30-40-32)44(27-19-15-11-7-3)28-20-16-12-8-4;15-13(11-7-3-1-4-8-11)14(16)12-9-5-2-6-10-12;;;/h1-4,21-24H,29-30H2;1-10,13-14H,15-16H2;2*1H;/q;;;;+4. The van der Waals surface area contributed by atoms with E-state index in [2.05, 4.69) is 117 Å². The molecule has 6 rings (SSSR count). The molecule has 0 aliphatic carbocycles. The number of hydrogen-bond acceptors (Lipinski definition) is 7. The number of nitrogens with two attached hydrogens (primary N) is 2. The van der Waals surface area contributed by atoms with Gasteiger partial charge in [0.2, 0.25) is 13.6 Å². The Labute approximate surface area is 397 Å². The third kappa shape index (κ3) is 15.2. The summed E-state index contributed by atoms with van der Waals surface area (Å²) in [5.74, 6) is 43.0. The molecule has 0 saturated carbocycles. The van der Waals surface area contributed by atoms with Gasteiger partial charge in [0.15, 0.2) is 38.8 Å². The normalized spacial score (nSPS) is 10.7. The molecular formula is C52H30Cl2N2O4P2RuS+4. The minimum atomic E-state index is -1.95. The summed E-state index contributed by atoms with van der Waals surface area (Å²) in [6.45, 7) is 0.0836. The molecule has 2 heterocycles. The van der Waals surface area contributed by atoms with Crippen LogP contribution in [-0.4, -0.2) is 13.6 Å². The average molecular weight is 1010 g/mol. The van der Waals surface area contributed by atoms with Gasteiger partial charge in [0, 0.05) is 59.4 Å². The first-order valence-corrected chi connectivity index (χ1v) is 26.3. The zero-order chi connectivity index (χ0) is 45.8. The zero-order valence-corrected chi connectivity index (χ0v) is 39.3. The molecule has 2 atom stereocenters. The molecular weight excluding hydrogens is 983 g/mol. The first-order valence-electron chi connectivity index (χ1n) is 18.0. The summed E-state index contributed by atoms with van der Waals surface area (Å²) < 4.78 is 23.3. The van der Waals surface area contributed by atoms with Gasteiger partial charge >= 0.3 is 34.5 Å². The van der Waals surface area contributed by atoms with Crippen LogP contribution in [0.2, 0.25) is 0 Å². The molecule has 4 aromatic rings. The Morgan fingerprint density at radius 2 is 0.812 bits per heavy atom. The molecule has 4 aromatic carbocycles. The second kappa shape index (κ2) is 28.7. The molecule has 0 bridgehead atoms. The monoisotopic (exact) mass is 1010 g/mol. The Kier molecular flexibility index (Phi) is 22.3. The van der Waals surface area contributed by atoms with Gasteiger partial charge < -0.3 is 30.4 Å². The fraction of sp³-hybridized carbons (Fsp3) is 0.0769. The van der Waals surface area contributed by atoms with Crippen molar-refractivity contribution >= 4 is 57.6 Å². The van der Waals surface area contributed by atoms with Crippen molar-refractivity contribution in [1.29, 1.82) is 0 Å². The van der Waals surface area contributed by atoms with Crippen molar-refractivity contribution in [2.45, 2.75) is 21.9 Å². The number of rotatable bonds is 7. The van der Waals surface area contributed by atoms with Gasteiger partial charge in [-0.05, 0) is 82.8 Å². The van der Waals surface area contributed by atoms with E-state index in [-0.39, 0.29) is 40.8 Å². The van der Waals surface area contributed by atoms with Gasteiger partial charge in [0.25, 0.3) is 0 Å². The maximum absolute atomic E-state index is 6.15. The van der Waals surface area contributed by atoms with Crippen molar-refractivity contribution in [3.63, 3.8) is 0 Å². The Hall–Kier alpha value is -6.87. The summed E-state index contributed by atoms with van der Waals surface area (Å²) in [6.07, 6.45) is 21.1. The van der Waals surface area contributed by atoms with Gasteiger partial charge in [-0.3, -0.25) is 0 Å². The van der Waals surface area contributed by atoms with E-state index >= 15 is 0 Å². The Balaban J connectivity index is 0.000000390. The summed E-state index contributed by atoms with van der Waals surface area (Å²) in [7, 11) is 5.80. The quantitative estimate of drug-likeness (QED) is 0.116. The average Bonchev–Trinajstić information content (AvgIpc) is 4.03. The Morgan fingerprint density at radius 3 is 1.12 bits per heavy atom. The molecule has 0 fully saturated rings. The van der Waals surface area contributed by atoms with E-state index in [1.165, 1.54) is 11.8 Å². The summed E-state index contributed by atoms with van der Waals surface area (Å²) >= 11 is 1.03. The summed E-state index contributed by atoms with van der Waals surface area (Å²) in [4.78, 5) is 1.42. The van der Waals surface area contributed by atoms with Crippen LogP contribution in [0.5, 0.6) is 23.0 Å². The van der Waals surface area contributed by atoms with E-state index in [1.54, 1.807) is 0 Å². The van der Waals surface area contributed by atoms with Crippen molar-refractivity contribution < 1.29 is 34.1 Å². The van der Waals surface area contributed by atoms with Crippen LogP contribution in [0.1, 0.15) is 23.2 Å². The van der Waals surface area contributed by atoms with Gasteiger partial charge in [0.05, 0.1) is 0 Å². The van der Waals surface area contributed by atoms with E-state index in [0.29, 0.717) is 32.8 Å². The topological polar surface area (TPSA) is 89.0 Å². The predicted molar refractivity (Wildman–Crippen MR) is 261 cm³/mol. The third-order valence-electron chi connectivity index (χ3n) is 8.02. The van der Waals surface area contributed by atoms with E-state index < -0.39 is 15.8 Å². The molecule has 0 amide bonds. The molecule has 12 heteroatoms. The fourth-order valence-corrected chi connectivity index (χ4v) is 9.91. The first-order chi connectivity index (χ1) is 31.4. The van der Waals surface area contributed by atoms with Crippen LogP contribution in [0.4, 0.5) is 0 Å². The van der Waals surface area contributed by atoms with Gasteiger partial charge in [-0.15, -0.1) is 25.7 Å². The van der Waals surface area contributed by atoms with Crippen LogP contribution in [0.3, 0.4) is 0 Å². The fourth-order valence-electron chi connectivity index (χ4n) is 5.33. The zero-order valence-electron chi connectivity index (χ0n) is 33.3. The molecule has 2 unspecified atom stereocenters. The van der Waals surface area contributed by atoms with Gasteiger partial charge in [0.1, 0.15) is 43.0 Å². The Morgan fingerprint density at radius 1 is 0.484 bits per heavy atom. The SMILES string of the molecule is C#CC#CC#C[PH+](C#CC#CC#C)c1ccc2c(c1Sc1c([PH+](C#CC#CC#C)C#CC#CC#C)ccc3c1OCO3)OCO2.NC(c1ccccc1)C(N)c1ccccc1.[Cl][Ru+2][Cl]. The van der Waals surface area contributed by atoms with Crippen molar-refractivity contribution in [3.8, 4) is 166 Å². The number of halogens is 2. The molecule has 306 valence electrons. The molecule has 64 heavy (non-hydrogen) atoms. The second-order valence-corrected chi connectivity index (χ2v) is 18.9. The van der Waals surface area contributed by atoms with Crippen LogP contribution < -0.4 is 41.0 Å². The van der Waals surface area contributed by atoms with E-state index in [1.807, 2.05) is 84.9 Å². The summed E-state index contributed by atoms with van der Waals surface area (Å²) in [5.41, 5.74) is 27.1. The van der Waals surface area contributed by atoms with Crippen molar-refractivity contribution in [2.75, 3.05) is 13.6 Å². The number of fused-ring (bicyclic) bond motifs is 2. The molecule has 0 saturated heterocycles. The van der Waals surface area contributed by atoms with Crippen LogP contribution in [-0.2, 0) is 15.1 Å².